The molecule has 7 nitrogen and oxygen atoms in total. The quantitative estimate of drug-likeness (QED) is 0.404. The third-order valence-electron chi connectivity index (χ3n) is 4.60. The number of benzene rings is 3. The van der Waals surface area contributed by atoms with Gasteiger partial charge in [0, 0.05) is 17.1 Å². The van der Waals surface area contributed by atoms with Crippen LogP contribution in [0, 0.1) is 0 Å². The number of hydrogen-bond donors (Lipinski definition) is 2. The summed E-state index contributed by atoms with van der Waals surface area (Å²) >= 11 is 0. The van der Waals surface area contributed by atoms with Crippen LogP contribution >= 0.6 is 0 Å². The highest BCUT2D eigenvalue weighted by Crippen LogP contribution is 2.14. The molecule has 0 saturated heterocycles. The molecule has 0 spiro atoms. The smallest absolute Gasteiger partial charge is 0.338 e. The fourth-order valence-electron chi connectivity index (χ4n) is 2.91. The lowest BCUT2D eigenvalue weighted by molar-refractivity contribution is 0.0504. The number of nitrogen functional groups attached to an aromatic ring is 2. The van der Waals surface area contributed by atoms with Gasteiger partial charge < -0.3 is 25.8 Å². The summed E-state index contributed by atoms with van der Waals surface area (Å²) in [4.78, 5) is 26.4. The van der Waals surface area contributed by atoms with Gasteiger partial charge >= 0.3 is 11.9 Å². The van der Waals surface area contributed by atoms with E-state index in [4.69, 9.17) is 20.9 Å². The van der Waals surface area contributed by atoms with Crippen molar-refractivity contribution in [3.05, 3.63) is 90.0 Å². The van der Waals surface area contributed by atoms with Gasteiger partial charge in [-0.15, -0.1) is 0 Å². The molecule has 0 bridgehead atoms. The van der Waals surface area contributed by atoms with Gasteiger partial charge in [0.25, 0.3) is 0 Å². The van der Waals surface area contributed by atoms with Crippen LogP contribution in [0.3, 0.4) is 0 Å². The van der Waals surface area contributed by atoms with Crippen LogP contribution in [0.15, 0.2) is 78.9 Å². The van der Waals surface area contributed by atoms with Crippen LogP contribution in [0.1, 0.15) is 20.7 Å². The summed E-state index contributed by atoms with van der Waals surface area (Å²) in [5, 5.41) is 0. The van der Waals surface area contributed by atoms with Gasteiger partial charge in [-0.05, 0) is 60.7 Å². The summed E-state index contributed by atoms with van der Waals surface area (Å²) in [6, 6.07) is 22.8. The number of nitrogens with zero attached hydrogens (tertiary/aromatic N) is 1. The van der Waals surface area contributed by atoms with Gasteiger partial charge in [0.05, 0.1) is 24.2 Å². The fourth-order valence-corrected chi connectivity index (χ4v) is 2.91. The number of carbonyl (C=O) groups excluding carboxylic acids is 2. The molecule has 0 atom stereocenters. The Bertz CT molecular complexity index is 926. The molecule has 0 heterocycles. The second-order valence-corrected chi connectivity index (χ2v) is 6.84. The first-order valence-electron chi connectivity index (χ1n) is 9.88. The fraction of sp³-hybridized carbons (Fsp3) is 0.167. The molecule has 0 aliphatic rings. The highest BCUT2D eigenvalue weighted by atomic mass is 16.5. The zero-order chi connectivity index (χ0) is 22.1. The number of anilines is 3. The molecule has 31 heavy (non-hydrogen) atoms. The van der Waals surface area contributed by atoms with Crippen LogP contribution in [0.2, 0.25) is 0 Å². The highest BCUT2D eigenvalue weighted by Gasteiger charge is 2.12. The topological polar surface area (TPSA) is 108 Å². The van der Waals surface area contributed by atoms with Gasteiger partial charge in [-0.2, -0.15) is 0 Å². The van der Waals surface area contributed by atoms with E-state index in [9.17, 15) is 9.59 Å². The molecule has 160 valence electrons. The molecule has 7 heteroatoms. The van der Waals surface area contributed by atoms with Crippen molar-refractivity contribution >= 4 is 29.0 Å². The predicted octanol–water partition coefficient (Wildman–Crippen LogP) is 3.37. The number of esters is 2. The molecule has 3 aromatic carbocycles. The number of para-hydroxylation sites is 1. The molecule has 0 fully saturated rings. The van der Waals surface area contributed by atoms with Crippen LogP contribution in [-0.2, 0) is 9.47 Å². The summed E-state index contributed by atoms with van der Waals surface area (Å²) < 4.78 is 10.8. The van der Waals surface area contributed by atoms with Crippen molar-refractivity contribution in [1.29, 1.82) is 0 Å². The van der Waals surface area contributed by atoms with Crippen LogP contribution in [0.25, 0.3) is 0 Å². The average molecular weight is 419 g/mol. The second kappa shape index (κ2) is 10.7. The normalized spacial score (nSPS) is 10.3. The zero-order valence-corrected chi connectivity index (χ0v) is 17.1. The van der Waals surface area contributed by atoms with E-state index in [1.807, 2.05) is 35.2 Å². The second-order valence-electron chi connectivity index (χ2n) is 6.84. The lowest BCUT2D eigenvalue weighted by Gasteiger charge is -2.24. The molecule has 4 N–H and O–H groups in total. The number of nitrogens with two attached hydrogens (primary N) is 2. The lowest BCUT2D eigenvalue weighted by atomic mass is 10.2. The van der Waals surface area contributed by atoms with E-state index < -0.39 is 11.9 Å². The van der Waals surface area contributed by atoms with E-state index in [1.165, 1.54) is 0 Å². The van der Waals surface area contributed by atoms with Crippen molar-refractivity contribution < 1.29 is 19.1 Å². The molecule has 0 amide bonds. The van der Waals surface area contributed by atoms with Crippen molar-refractivity contribution in [2.75, 3.05) is 42.7 Å². The van der Waals surface area contributed by atoms with Crippen molar-refractivity contribution in [1.82, 2.24) is 0 Å². The monoisotopic (exact) mass is 419 g/mol. The number of rotatable bonds is 9. The van der Waals surface area contributed by atoms with E-state index in [2.05, 4.69) is 0 Å². The maximum Gasteiger partial charge on any atom is 0.338 e. The lowest BCUT2D eigenvalue weighted by Crippen LogP contribution is -2.32. The highest BCUT2D eigenvalue weighted by molar-refractivity contribution is 5.90. The third kappa shape index (κ3) is 6.50. The van der Waals surface area contributed by atoms with Crippen LogP contribution in [0.4, 0.5) is 17.1 Å². The minimum atomic E-state index is -0.414. The Hall–Kier alpha value is -4.00. The van der Waals surface area contributed by atoms with Gasteiger partial charge in [-0.1, -0.05) is 18.2 Å². The summed E-state index contributed by atoms with van der Waals surface area (Å²) in [6.45, 7) is 1.27. The first kappa shape index (κ1) is 21.7. The maximum absolute atomic E-state index is 12.2. The molecule has 3 aromatic rings. The van der Waals surface area contributed by atoms with E-state index in [1.54, 1.807) is 48.5 Å². The van der Waals surface area contributed by atoms with E-state index >= 15 is 0 Å². The van der Waals surface area contributed by atoms with E-state index in [-0.39, 0.29) is 13.2 Å². The molecule has 0 unspecified atom stereocenters. The Morgan fingerprint density at radius 2 is 1.06 bits per heavy atom. The predicted molar refractivity (Wildman–Crippen MR) is 121 cm³/mol. The van der Waals surface area contributed by atoms with E-state index in [0.29, 0.717) is 35.6 Å². The number of hydrogen-bond acceptors (Lipinski definition) is 7. The molecule has 0 radical (unpaired) electrons. The maximum atomic E-state index is 12.2. The Morgan fingerprint density at radius 1 is 0.645 bits per heavy atom. The summed E-state index contributed by atoms with van der Waals surface area (Å²) in [7, 11) is 0. The zero-order valence-electron chi connectivity index (χ0n) is 17.1. The molecular formula is C24H25N3O4. The van der Waals surface area contributed by atoms with Gasteiger partial charge in [-0.3, -0.25) is 0 Å². The summed E-state index contributed by atoms with van der Waals surface area (Å²) in [5.74, 6) is -0.828. The van der Waals surface area contributed by atoms with Gasteiger partial charge in [-0.25, -0.2) is 9.59 Å². The van der Waals surface area contributed by atoms with Crippen LogP contribution in [-0.4, -0.2) is 38.2 Å². The minimum absolute atomic E-state index is 0.185. The molecule has 0 aliphatic heterocycles. The SMILES string of the molecule is Nc1ccc(C(=O)OCCN(CCOC(=O)c2ccc(N)cc2)c2ccccc2)cc1. The standard InChI is InChI=1S/C24H25N3O4/c25-20-10-6-18(7-11-20)23(28)30-16-14-27(22-4-2-1-3-5-22)15-17-31-24(29)19-8-12-21(26)13-9-19/h1-13H,14-17,25-26H2. The minimum Gasteiger partial charge on any atom is -0.460 e. The van der Waals surface area contributed by atoms with E-state index in [0.717, 1.165) is 5.69 Å². The summed E-state index contributed by atoms with van der Waals surface area (Å²) in [6.07, 6.45) is 0. The first-order chi connectivity index (χ1) is 15.0. The van der Waals surface area contributed by atoms with Gasteiger partial charge in [0.2, 0.25) is 0 Å². The number of carbonyl (C=O) groups is 2. The van der Waals surface area contributed by atoms with Crippen molar-refractivity contribution in [3.63, 3.8) is 0 Å². The van der Waals surface area contributed by atoms with Crippen LogP contribution < -0.4 is 16.4 Å². The number of ether oxygens (including phenoxy) is 2. The Labute approximate surface area is 181 Å². The van der Waals surface area contributed by atoms with Crippen LogP contribution in [0.5, 0.6) is 0 Å². The first-order valence-corrected chi connectivity index (χ1v) is 9.88. The molecule has 0 aromatic heterocycles. The molecule has 0 saturated carbocycles. The third-order valence-corrected chi connectivity index (χ3v) is 4.60. The summed E-state index contributed by atoms with van der Waals surface area (Å²) in [5.41, 5.74) is 14.3. The van der Waals surface area contributed by atoms with Gasteiger partial charge in [0.15, 0.2) is 0 Å². The Balaban J connectivity index is 1.53. The van der Waals surface area contributed by atoms with Crippen molar-refractivity contribution in [2.45, 2.75) is 0 Å². The molecule has 3 rings (SSSR count). The Kier molecular flexibility index (Phi) is 7.48. The Morgan fingerprint density at radius 3 is 1.48 bits per heavy atom. The van der Waals surface area contributed by atoms with Gasteiger partial charge in [0.1, 0.15) is 13.2 Å². The molecular weight excluding hydrogens is 394 g/mol. The van der Waals surface area contributed by atoms with Crippen molar-refractivity contribution in [3.8, 4) is 0 Å². The molecule has 0 aliphatic carbocycles. The van der Waals surface area contributed by atoms with Crippen molar-refractivity contribution in [2.24, 2.45) is 0 Å². The average Bonchev–Trinajstić information content (AvgIpc) is 2.79. The largest absolute Gasteiger partial charge is 0.460 e.